The topological polar surface area (TPSA) is 106 Å². The lowest BCUT2D eigenvalue weighted by Gasteiger charge is -2.17. The third-order valence-corrected chi connectivity index (χ3v) is 4.60. The van der Waals surface area contributed by atoms with Gasteiger partial charge in [-0.15, -0.1) is 0 Å². The Labute approximate surface area is 187 Å². The van der Waals surface area contributed by atoms with Crippen molar-refractivity contribution in [1.82, 2.24) is 9.97 Å². The first-order valence-electron chi connectivity index (χ1n) is 10.1. The Bertz CT molecular complexity index is 1040. The third-order valence-electron chi connectivity index (χ3n) is 4.60. The molecule has 0 aliphatic rings. The maximum atomic E-state index is 12.9. The van der Waals surface area contributed by atoms with Gasteiger partial charge in [0, 0.05) is 36.0 Å². The molecule has 0 aliphatic heterocycles. The molecule has 3 aromatic rings. The molecule has 1 atom stereocenters. The van der Waals surface area contributed by atoms with Crippen molar-refractivity contribution in [1.29, 1.82) is 0 Å². The molecule has 0 amide bonds. The zero-order valence-electron chi connectivity index (χ0n) is 18.4. The highest BCUT2D eigenvalue weighted by Crippen LogP contribution is 2.29. The molecule has 0 saturated heterocycles. The summed E-state index contributed by atoms with van der Waals surface area (Å²) in [5, 5.41) is 0. The minimum absolute atomic E-state index is 0.122. The van der Waals surface area contributed by atoms with Crippen LogP contribution in [0, 0.1) is 6.92 Å². The normalized spacial score (nSPS) is 11.5. The summed E-state index contributed by atoms with van der Waals surface area (Å²) >= 11 is 0. The number of rotatable bonds is 10. The maximum absolute atomic E-state index is 12.9. The van der Waals surface area contributed by atoms with Crippen LogP contribution in [-0.2, 0) is 17.8 Å². The van der Waals surface area contributed by atoms with Crippen LogP contribution in [0.5, 0.6) is 17.5 Å². The number of carbonyl (C=O) groups is 1. The van der Waals surface area contributed by atoms with Gasteiger partial charge in [0.25, 0.3) is 0 Å². The molecular weight excluding hydrogens is 410 g/mol. The zero-order valence-corrected chi connectivity index (χ0v) is 18.4. The average Bonchev–Trinajstić information content (AvgIpc) is 2.81. The Balaban J connectivity index is 1.72. The second-order valence-electron chi connectivity index (χ2n) is 7.15. The van der Waals surface area contributed by atoms with Crippen LogP contribution in [0.3, 0.4) is 0 Å². The molecule has 2 N–H and O–H groups in total. The van der Waals surface area contributed by atoms with E-state index in [9.17, 15) is 4.79 Å². The van der Waals surface area contributed by atoms with Gasteiger partial charge in [-0.1, -0.05) is 36.4 Å². The maximum Gasteiger partial charge on any atom is 0.347 e. The number of aryl methyl sites for hydroxylation is 1. The largest absolute Gasteiger partial charge is 0.491 e. The summed E-state index contributed by atoms with van der Waals surface area (Å²) in [7, 11) is 3.01. The van der Waals surface area contributed by atoms with E-state index in [0.717, 1.165) is 11.3 Å². The van der Waals surface area contributed by atoms with Crippen molar-refractivity contribution in [3.63, 3.8) is 0 Å². The summed E-state index contributed by atoms with van der Waals surface area (Å²) in [6, 6.07) is 16.2. The van der Waals surface area contributed by atoms with Gasteiger partial charge in [0.2, 0.25) is 11.8 Å². The summed E-state index contributed by atoms with van der Waals surface area (Å²) in [4.78, 5) is 21.5. The standard InChI is InChI=1S/C24H27N3O5/c1-16-12-20(31-15-18(25)13-19-10-7-11-21(27-19)29-2)22(23(26-16)30-3)24(28)32-14-17-8-5-4-6-9-17/h4-12,18H,13-15,25H2,1-3H3/t18-/m1/s1. The van der Waals surface area contributed by atoms with Crippen molar-refractivity contribution >= 4 is 5.97 Å². The van der Waals surface area contributed by atoms with Gasteiger partial charge in [-0.2, -0.15) is 0 Å². The zero-order chi connectivity index (χ0) is 22.9. The summed E-state index contributed by atoms with van der Waals surface area (Å²) in [6.45, 7) is 2.07. The van der Waals surface area contributed by atoms with Crippen LogP contribution in [0.15, 0.2) is 54.6 Å². The van der Waals surface area contributed by atoms with E-state index in [2.05, 4.69) is 9.97 Å². The summed E-state index contributed by atoms with van der Waals surface area (Å²) in [5.74, 6) is 0.382. The number of ether oxygens (including phenoxy) is 4. The Kier molecular flexibility index (Phi) is 7.99. The fourth-order valence-electron chi connectivity index (χ4n) is 3.07. The minimum atomic E-state index is -0.587. The van der Waals surface area contributed by atoms with Crippen molar-refractivity contribution in [2.24, 2.45) is 5.73 Å². The van der Waals surface area contributed by atoms with Crippen molar-refractivity contribution in [2.75, 3.05) is 20.8 Å². The van der Waals surface area contributed by atoms with Gasteiger partial charge in [0.15, 0.2) is 5.56 Å². The number of nitrogens with two attached hydrogens (primary N) is 1. The molecule has 0 fully saturated rings. The fourth-order valence-corrected chi connectivity index (χ4v) is 3.07. The molecule has 0 bridgehead atoms. The van der Waals surface area contributed by atoms with E-state index in [0.29, 0.717) is 23.7 Å². The van der Waals surface area contributed by atoms with Crippen LogP contribution in [0.25, 0.3) is 0 Å². The van der Waals surface area contributed by atoms with Gasteiger partial charge >= 0.3 is 5.97 Å². The molecule has 0 spiro atoms. The second kappa shape index (κ2) is 11.1. The Hall–Kier alpha value is -3.65. The van der Waals surface area contributed by atoms with Crippen LogP contribution in [0.1, 0.15) is 27.3 Å². The van der Waals surface area contributed by atoms with E-state index in [4.69, 9.17) is 24.7 Å². The molecule has 0 unspecified atom stereocenters. The Morgan fingerprint density at radius 1 is 1.03 bits per heavy atom. The van der Waals surface area contributed by atoms with E-state index in [1.54, 1.807) is 26.2 Å². The predicted molar refractivity (Wildman–Crippen MR) is 119 cm³/mol. The summed E-state index contributed by atoms with van der Waals surface area (Å²) < 4.78 is 21.9. The lowest BCUT2D eigenvalue weighted by molar-refractivity contribution is 0.0462. The molecule has 168 valence electrons. The molecule has 8 heteroatoms. The molecule has 32 heavy (non-hydrogen) atoms. The number of benzene rings is 1. The summed E-state index contributed by atoms with van der Waals surface area (Å²) in [5.41, 5.74) is 8.66. The lowest BCUT2D eigenvalue weighted by Crippen LogP contribution is -2.31. The number of aromatic nitrogens is 2. The smallest absolute Gasteiger partial charge is 0.347 e. The van der Waals surface area contributed by atoms with Gasteiger partial charge < -0.3 is 24.7 Å². The molecule has 2 aromatic heterocycles. The number of methoxy groups -OCH3 is 2. The highest BCUT2D eigenvalue weighted by molar-refractivity contribution is 5.95. The van der Waals surface area contributed by atoms with E-state index < -0.39 is 5.97 Å². The lowest BCUT2D eigenvalue weighted by atomic mass is 10.1. The average molecular weight is 437 g/mol. The first-order valence-corrected chi connectivity index (χ1v) is 10.1. The third kappa shape index (κ3) is 6.18. The van der Waals surface area contributed by atoms with Crippen LogP contribution < -0.4 is 19.9 Å². The van der Waals surface area contributed by atoms with Crippen LogP contribution >= 0.6 is 0 Å². The quantitative estimate of drug-likeness (QED) is 0.482. The number of carbonyl (C=O) groups excluding carboxylic acids is 1. The number of nitrogens with zero attached hydrogens (tertiary/aromatic N) is 2. The van der Waals surface area contributed by atoms with Gasteiger partial charge in [0.1, 0.15) is 19.0 Å². The fraction of sp³-hybridized carbons (Fsp3) is 0.292. The SMILES string of the molecule is COc1cccc(C[C@@H](N)COc2cc(C)nc(OC)c2C(=O)OCc2ccccc2)n1. The van der Waals surface area contributed by atoms with Crippen molar-refractivity contribution < 1.29 is 23.7 Å². The summed E-state index contributed by atoms with van der Waals surface area (Å²) in [6.07, 6.45) is 0.478. The predicted octanol–water partition coefficient (Wildman–Crippen LogP) is 3.11. The minimum Gasteiger partial charge on any atom is -0.491 e. The molecule has 2 heterocycles. The first kappa shape index (κ1) is 23.0. The highest BCUT2D eigenvalue weighted by atomic mass is 16.5. The molecule has 0 aliphatic carbocycles. The first-order chi connectivity index (χ1) is 15.5. The van der Waals surface area contributed by atoms with Crippen LogP contribution in [0.2, 0.25) is 0 Å². The van der Waals surface area contributed by atoms with Crippen molar-refractivity contribution in [2.45, 2.75) is 26.0 Å². The van der Waals surface area contributed by atoms with Crippen molar-refractivity contribution in [3.8, 4) is 17.5 Å². The van der Waals surface area contributed by atoms with Crippen molar-refractivity contribution in [3.05, 3.63) is 77.1 Å². The molecule has 0 radical (unpaired) electrons. The van der Waals surface area contributed by atoms with E-state index in [1.807, 2.05) is 42.5 Å². The van der Waals surface area contributed by atoms with E-state index in [1.165, 1.54) is 7.11 Å². The molecular formula is C24H27N3O5. The molecule has 8 nitrogen and oxygen atoms in total. The van der Waals surface area contributed by atoms with Crippen LogP contribution in [-0.4, -0.2) is 42.8 Å². The Morgan fingerprint density at radius 3 is 2.53 bits per heavy atom. The number of hydrogen-bond acceptors (Lipinski definition) is 8. The van der Waals surface area contributed by atoms with Gasteiger partial charge in [0.05, 0.1) is 14.2 Å². The highest BCUT2D eigenvalue weighted by Gasteiger charge is 2.23. The van der Waals surface area contributed by atoms with Crippen LogP contribution in [0.4, 0.5) is 0 Å². The molecule has 1 aromatic carbocycles. The van der Waals surface area contributed by atoms with Gasteiger partial charge in [-0.3, -0.25) is 0 Å². The van der Waals surface area contributed by atoms with E-state index >= 15 is 0 Å². The van der Waals surface area contributed by atoms with E-state index in [-0.39, 0.29) is 30.7 Å². The Morgan fingerprint density at radius 2 is 1.81 bits per heavy atom. The second-order valence-corrected chi connectivity index (χ2v) is 7.15. The van der Waals surface area contributed by atoms with Gasteiger partial charge in [-0.05, 0) is 18.6 Å². The number of pyridine rings is 2. The molecule has 3 rings (SSSR count). The number of hydrogen-bond donors (Lipinski definition) is 1. The van der Waals surface area contributed by atoms with Gasteiger partial charge in [-0.25, -0.2) is 14.8 Å². The molecule has 0 saturated carbocycles. The number of esters is 1. The monoisotopic (exact) mass is 437 g/mol.